The van der Waals surface area contributed by atoms with Crippen LogP contribution in [0.1, 0.15) is 0 Å². The lowest BCUT2D eigenvalue weighted by Gasteiger charge is -2.16. The molecule has 0 saturated carbocycles. The Labute approximate surface area is 57.0 Å². The second-order valence-electron chi connectivity index (χ2n) is 1.57. The van der Waals surface area contributed by atoms with E-state index in [1.807, 2.05) is 0 Å². The van der Waals surface area contributed by atoms with Gasteiger partial charge in [-0.15, -0.1) is 0 Å². The lowest BCUT2D eigenvalue weighted by Crippen LogP contribution is -2.41. The van der Waals surface area contributed by atoms with Gasteiger partial charge in [-0.1, -0.05) is 0 Å². The molecule has 0 aliphatic heterocycles. The van der Waals surface area contributed by atoms with E-state index in [-0.39, 0.29) is 5.75 Å². The summed E-state index contributed by atoms with van der Waals surface area (Å²) in [6, 6.07) is -1.49. The van der Waals surface area contributed by atoms with E-state index in [9.17, 15) is 13.2 Å². The molecule has 0 saturated heterocycles. The summed E-state index contributed by atoms with van der Waals surface area (Å²) >= 11 is 3.51. The number of hydrogen-bond acceptors (Lipinski definition) is 2. The number of nitrogens with one attached hydrogen (secondary N) is 1. The largest absolute Gasteiger partial charge is 0.404 e. The van der Waals surface area contributed by atoms with Crippen LogP contribution in [0.4, 0.5) is 13.2 Å². The van der Waals surface area contributed by atoms with Crippen molar-refractivity contribution >= 4 is 12.6 Å². The maximum atomic E-state index is 11.6. The van der Waals surface area contributed by atoms with Crippen molar-refractivity contribution in [2.75, 3.05) is 12.8 Å². The molecule has 0 amide bonds. The number of alkyl halides is 3. The Morgan fingerprint density at radius 3 is 2.00 bits per heavy atom. The van der Waals surface area contributed by atoms with Gasteiger partial charge in [-0.05, 0) is 7.05 Å². The smallest absolute Gasteiger partial charge is 0.309 e. The van der Waals surface area contributed by atoms with E-state index in [0.29, 0.717) is 0 Å². The Balaban J connectivity index is 3.79. The third-order valence-corrected chi connectivity index (χ3v) is 1.29. The molecular formula is C4H8F3NS. The van der Waals surface area contributed by atoms with Crippen LogP contribution in [0.5, 0.6) is 0 Å². The fourth-order valence-corrected chi connectivity index (χ4v) is 0.748. The maximum Gasteiger partial charge on any atom is 0.404 e. The van der Waals surface area contributed by atoms with Crippen molar-refractivity contribution in [3.05, 3.63) is 0 Å². The van der Waals surface area contributed by atoms with E-state index in [0.717, 1.165) is 0 Å². The second kappa shape index (κ2) is 3.31. The van der Waals surface area contributed by atoms with Crippen LogP contribution in [0.15, 0.2) is 0 Å². The highest BCUT2D eigenvalue weighted by molar-refractivity contribution is 7.80. The van der Waals surface area contributed by atoms with Gasteiger partial charge in [0, 0.05) is 5.75 Å². The Hall–Kier alpha value is 0.100. The minimum absolute atomic E-state index is 0.222. The lowest BCUT2D eigenvalue weighted by molar-refractivity contribution is -0.148. The van der Waals surface area contributed by atoms with Crippen molar-refractivity contribution in [2.24, 2.45) is 0 Å². The number of halogens is 3. The quantitative estimate of drug-likeness (QED) is 0.574. The molecule has 9 heavy (non-hydrogen) atoms. The molecule has 0 aromatic carbocycles. The Morgan fingerprint density at radius 2 is 2.00 bits per heavy atom. The highest BCUT2D eigenvalue weighted by Gasteiger charge is 2.37. The van der Waals surface area contributed by atoms with Gasteiger partial charge in [-0.3, -0.25) is 0 Å². The monoisotopic (exact) mass is 159 g/mol. The first-order valence-corrected chi connectivity index (χ1v) is 3.00. The van der Waals surface area contributed by atoms with Gasteiger partial charge in [0.1, 0.15) is 6.04 Å². The lowest BCUT2D eigenvalue weighted by atomic mass is 10.3. The first-order chi connectivity index (χ1) is 4.02. The van der Waals surface area contributed by atoms with Gasteiger partial charge < -0.3 is 5.32 Å². The summed E-state index contributed by atoms with van der Waals surface area (Å²) in [5.74, 6) is -0.222. The van der Waals surface area contributed by atoms with Gasteiger partial charge in [-0.25, -0.2) is 0 Å². The van der Waals surface area contributed by atoms with Gasteiger partial charge in [0.05, 0.1) is 0 Å². The van der Waals surface area contributed by atoms with E-state index in [4.69, 9.17) is 0 Å². The van der Waals surface area contributed by atoms with E-state index in [2.05, 4.69) is 17.9 Å². The third-order valence-electron chi connectivity index (χ3n) is 0.926. The Morgan fingerprint density at radius 1 is 1.56 bits per heavy atom. The molecule has 5 heteroatoms. The van der Waals surface area contributed by atoms with Crippen LogP contribution in [0, 0.1) is 0 Å². The zero-order valence-electron chi connectivity index (χ0n) is 4.87. The minimum atomic E-state index is -4.17. The summed E-state index contributed by atoms with van der Waals surface area (Å²) in [6.07, 6.45) is -4.17. The summed E-state index contributed by atoms with van der Waals surface area (Å²) in [6.45, 7) is 0. The van der Waals surface area contributed by atoms with Crippen LogP contribution in [0.3, 0.4) is 0 Å². The second-order valence-corrected chi connectivity index (χ2v) is 1.93. The van der Waals surface area contributed by atoms with Gasteiger partial charge >= 0.3 is 6.18 Å². The van der Waals surface area contributed by atoms with Crippen LogP contribution in [-0.2, 0) is 0 Å². The van der Waals surface area contributed by atoms with Gasteiger partial charge in [-0.2, -0.15) is 25.8 Å². The SMILES string of the molecule is CNC(CS)C(F)(F)F. The van der Waals surface area contributed by atoms with Crippen molar-refractivity contribution in [1.29, 1.82) is 0 Å². The standard InChI is InChI=1S/C4H8F3NS/c1-8-3(2-9)4(5,6)7/h3,8-9H,2H2,1H3. The normalized spacial score (nSPS) is 15.7. The third kappa shape index (κ3) is 2.95. The summed E-state index contributed by atoms with van der Waals surface area (Å²) in [5, 5.41) is 2.09. The van der Waals surface area contributed by atoms with Crippen LogP contribution >= 0.6 is 12.6 Å². The predicted octanol–water partition coefficient (Wildman–Crippen LogP) is 1.07. The zero-order chi connectivity index (χ0) is 7.49. The van der Waals surface area contributed by atoms with Crippen molar-refractivity contribution in [1.82, 2.24) is 5.32 Å². The molecule has 0 aliphatic carbocycles. The van der Waals surface area contributed by atoms with E-state index >= 15 is 0 Å². The fraction of sp³-hybridized carbons (Fsp3) is 1.00. The minimum Gasteiger partial charge on any atom is -0.309 e. The Bertz CT molecular complexity index is 78.4. The highest BCUT2D eigenvalue weighted by Crippen LogP contribution is 2.20. The number of thiol groups is 1. The van der Waals surface area contributed by atoms with Crippen LogP contribution < -0.4 is 5.32 Å². The van der Waals surface area contributed by atoms with Crippen molar-refractivity contribution in [3.63, 3.8) is 0 Å². The molecule has 0 rings (SSSR count). The molecule has 0 radical (unpaired) electrons. The molecule has 0 bridgehead atoms. The highest BCUT2D eigenvalue weighted by atomic mass is 32.1. The zero-order valence-corrected chi connectivity index (χ0v) is 5.76. The molecular weight excluding hydrogens is 151 g/mol. The molecule has 1 atom stereocenters. The summed E-state index contributed by atoms with van der Waals surface area (Å²) < 4.78 is 34.8. The van der Waals surface area contributed by atoms with E-state index in [1.54, 1.807) is 0 Å². The summed E-state index contributed by atoms with van der Waals surface area (Å²) in [7, 11) is 1.26. The topological polar surface area (TPSA) is 12.0 Å². The first kappa shape index (κ1) is 9.10. The van der Waals surface area contributed by atoms with Gasteiger partial charge in [0.2, 0.25) is 0 Å². The molecule has 0 heterocycles. The Kier molecular flexibility index (Phi) is 3.35. The summed E-state index contributed by atoms with van der Waals surface area (Å²) in [4.78, 5) is 0. The molecule has 0 aliphatic rings. The van der Waals surface area contributed by atoms with Gasteiger partial charge in [0.25, 0.3) is 0 Å². The van der Waals surface area contributed by atoms with Crippen molar-refractivity contribution in [3.8, 4) is 0 Å². The number of hydrogen-bond donors (Lipinski definition) is 2. The van der Waals surface area contributed by atoms with E-state index < -0.39 is 12.2 Å². The first-order valence-electron chi connectivity index (χ1n) is 2.37. The van der Waals surface area contributed by atoms with Crippen molar-refractivity contribution in [2.45, 2.75) is 12.2 Å². The van der Waals surface area contributed by atoms with Crippen LogP contribution in [0.2, 0.25) is 0 Å². The van der Waals surface area contributed by atoms with Crippen LogP contribution in [-0.4, -0.2) is 25.0 Å². The molecule has 1 nitrogen and oxygen atoms in total. The molecule has 0 aromatic rings. The van der Waals surface area contributed by atoms with Crippen molar-refractivity contribution < 1.29 is 13.2 Å². The average Bonchev–Trinajstić information content (AvgIpc) is 1.65. The molecule has 1 N–H and O–H groups in total. The van der Waals surface area contributed by atoms with Crippen LogP contribution in [0.25, 0.3) is 0 Å². The maximum absolute atomic E-state index is 11.6. The summed E-state index contributed by atoms with van der Waals surface area (Å²) in [5.41, 5.74) is 0. The fourth-order valence-electron chi connectivity index (χ4n) is 0.358. The predicted molar refractivity (Wildman–Crippen MR) is 32.8 cm³/mol. The molecule has 0 spiro atoms. The average molecular weight is 159 g/mol. The van der Waals surface area contributed by atoms with Gasteiger partial charge in [0.15, 0.2) is 0 Å². The molecule has 1 unspecified atom stereocenters. The molecule has 56 valence electrons. The molecule has 0 aromatic heterocycles. The number of rotatable bonds is 2. The molecule has 0 fully saturated rings. The van der Waals surface area contributed by atoms with E-state index in [1.165, 1.54) is 7.05 Å².